The summed E-state index contributed by atoms with van der Waals surface area (Å²) in [5.74, 6) is 0. The standard InChI is InChI=1S/2C20H19P.2ClH.Pd/c2*1-16-10-6-8-14-19(16)21(18-12-4-3-5-13-18)20-15-9-7-11-17(20)2;;;/h2*3-15H,1-2H3;2*1H;/q;;;;+2. The van der Waals surface area contributed by atoms with Crippen LogP contribution in [0.4, 0.5) is 0 Å². The van der Waals surface area contributed by atoms with E-state index in [0.29, 0.717) is 0 Å². The monoisotopic (exact) mass is 758 g/mol. The van der Waals surface area contributed by atoms with Crippen LogP contribution in [0.5, 0.6) is 0 Å². The molecule has 0 aromatic heterocycles. The van der Waals surface area contributed by atoms with Gasteiger partial charge in [0.15, 0.2) is 0 Å². The minimum absolute atomic E-state index is 0.106. The number of benzene rings is 6. The summed E-state index contributed by atoms with van der Waals surface area (Å²) < 4.78 is 0. The molecule has 5 heteroatoms. The van der Waals surface area contributed by atoms with Gasteiger partial charge in [0.1, 0.15) is 31.8 Å². The van der Waals surface area contributed by atoms with Gasteiger partial charge in [-0.15, -0.1) is 0 Å². The maximum atomic E-state index is 4.81. The minimum atomic E-state index is -0.938. The van der Waals surface area contributed by atoms with Gasteiger partial charge in [0.2, 0.25) is 0 Å². The molecule has 232 valence electrons. The molecule has 0 amide bonds. The Kier molecular flexibility index (Phi) is 14.5. The summed E-state index contributed by atoms with van der Waals surface area (Å²) in [6.07, 6.45) is 0. The third-order valence-electron chi connectivity index (χ3n) is 7.78. The van der Waals surface area contributed by atoms with E-state index < -0.39 is 15.8 Å². The molecule has 0 unspecified atom stereocenters. The molecule has 0 saturated heterocycles. The molecule has 6 aromatic rings. The van der Waals surface area contributed by atoms with Gasteiger partial charge < -0.3 is 0 Å². The first-order valence-corrected chi connectivity index (χ1v) is 21.9. The summed E-state index contributed by atoms with van der Waals surface area (Å²) in [6.45, 7) is 8.89. The van der Waals surface area contributed by atoms with E-state index in [1.165, 1.54) is 54.1 Å². The molecule has 0 heterocycles. The Morgan fingerprint density at radius 2 is 0.533 bits per heavy atom. The fraction of sp³-hybridized carbons (Fsp3) is 0.100. The van der Waals surface area contributed by atoms with E-state index in [4.69, 9.17) is 19.1 Å². The zero-order valence-electron chi connectivity index (χ0n) is 26.1. The van der Waals surface area contributed by atoms with Gasteiger partial charge in [0.05, 0.1) is 15.8 Å². The van der Waals surface area contributed by atoms with Crippen LogP contribution in [0.25, 0.3) is 0 Å². The first-order valence-electron chi connectivity index (χ1n) is 14.9. The molecule has 0 fully saturated rings. The summed E-state index contributed by atoms with van der Waals surface area (Å²) in [4.78, 5) is 0. The third kappa shape index (κ3) is 9.71. The van der Waals surface area contributed by atoms with Crippen molar-refractivity contribution >= 4 is 66.7 Å². The van der Waals surface area contributed by atoms with Gasteiger partial charge in [-0.2, -0.15) is 0 Å². The van der Waals surface area contributed by atoms with Crippen molar-refractivity contribution in [1.29, 1.82) is 0 Å². The van der Waals surface area contributed by atoms with Crippen molar-refractivity contribution in [2.45, 2.75) is 27.7 Å². The van der Waals surface area contributed by atoms with Gasteiger partial charge in [-0.05, 0) is 98.5 Å². The topological polar surface area (TPSA) is 0 Å². The van der Waals surface area contributed by atoms with Crippen molar-refractivity contribution in [1.82, 2.24) is 0 Å². The number of aryl methyl sites for hydroxylation is 4. The first-order chi connectivity index (χ1) is 22.0. The molecule has 45 heavy (non-hydrogen) atoms. The molecule has 6 rings (SSSR count). The Labute approximate surface area is 288 Å². The molecule has 0 bridgehead atoms. The zero-order valence-corrected chi connectivity index (χ0v) is 31.1. The van der Waals surface area contributed by atoms with Crippen LogP contribution < -0.4 is 31.8 Å². The number of rotatable bonds is 6. The van der Waals surface area contributed by atoms with E-state index in [9.17, 15) is 0 Å². The second-order valence-corrected chi connectivity index (χ2v) is 18.0. The summed E-state index contributed by atoms with van der Waals surface area (Å²) in [7, 11) is 7.75. The van der Waals surface area contributed by atoms with E-state index in [1.807, 2.05) is 0 Å². The first kappa shape index (κ1) is 35.3. The quantitative estimate of drug-likeness (QED) is 0.118. The predicted octanol–water partition coefficient (Wildman–Crippen LogP) is 8.96. The van der Waals surface area contributed by atoms with E-state index in [2.05, 4.69) is 185 Å². The summed E-state index contributed by atoms with van der Waals surface area (Å²) in [6, 6.07) is 57.1. The molecule has 0 aliphatic rings. The van der Waals surface area contributed by atoms with Crippen molar-refractivity contribution in [3.05, 3.63) is 180 Å². The Morgan fingerprint density at radius 1 is 0.333 bits per heavy atom. The molecule has 6 aromatic carbocycles. The molecular weight excluding hydrogens is 720 g/mol. The van der Waals surface area contributed by atoms with Gasteiger partial charge in [0, 0.05) is 0 Å². The van der Waals surface area contributed by atoms with Gasteiger partial charge in [0.25, 0.3) is 0 Å². The Bertz CT molecular complexity index is 1540. The van der Waals surface area contributed by atoms with Gasteiger partial charge in [-0.3, -0.25) is 0 Å². The molecule has 0 spiro atoms. The summed E-state index contributed by atoms with van der Waals surface area (Å²) in [5.41, 5.74) is 5.55. The van der Waals surface area contributed by atoms with E-state index in [1.54, 1.807) is 0 Å². The second kappa shape index (κ2) is 18.5. The van der Waals surface area contributed by atoms with Crippen molar-refractivity contribution in [3.63, 3.8) is 0 Å². The van der Waals surface area contributed by atoms with E-state index >= 15 is 0 Å². The molecule has 0 atom stereocenters. The number of hydrogen-bond acceptors (Lipinski definition) is 0. The number of hydrogen-bond donors (Lipinski definition) is 0. The Balaban J connectivity index is 0.000000189. The zero-order chi connectivity index (χ0) is 32.0. The van der Waals surface area contributed by atoms with Crippen LogP contribution >= 0.6 is 34.9 Å². The fourth-order valence-electron chi connectivity index (χ4n) is 5.54. The Hall–Kier alpha value is -2.58. The van der Waals surface area contributed by atoms with Crippen LogP contribution in [0.3, 0.4) is 0 Å². The number of halogens is 2. The molecule has 0 aliphatic heterocycles. The van der Waals surface area contributed by atoms with Gasteiger partial charge >= 0.3 is 35.0 Å². The second-order valence-electron chi connectivity index (χ2n) is 10.8. The van der Waals surface area contributed by atoms with Crippen LogP contribution in [0, 0.1) is 27.7 Å². The van der Waals surface area contributed by atoms with Crippen LogP contribution in [-0.2, 0) is 15.9 Å². The average Bonchev–Trinajstić information content (AvgIpc) is 3.07. The van der Waals surface area contributed by atoms with Gasteiger partial charge in [-0.25, -0.2) is 0 Å². The molecule has 0 radical (unpaired) electrons. The van der Waals surface area contributed by atoms with Gasteiger partial charge in [-0.1, -0.05) is 109 Å². The van der Waals surface area contributed by atoms with Crippen LogP contribution in [0.1, 0.15) is 22.3 Å². The average molecular weight is 760 g/mol. The van der Waals surface area contributed by atoms with Crippen molar-refractivity contribution < 1.29 is 15.9 Å². The third-order valence-corrected chi connectivity index (χ3v) is 14.0. The summed E-state index contributed by atoms with van der Waals surface area (Å²) in [5, 5.41) is 8.86. The van der Waals surface area contributed by atoms with E-state index in [-0.39, 0.29) is 15.9 Å². The fourth-order valence-corrected chi connectivity index (χ4v) is 11.4. The van der Waals surface area contributed by atoms with Crippen LogP contribution in [0.15, 0.2) is 158 Å². The SMILES string of the molecule is Cc1ccccc1[PH+](c1ccccc1)c1ccccc1C.Cc1ccccc1[PH+](c1ccccc1)c1ccccc1C.[Cl][Pd][Cl]. The van der Waals surface area contributed by atoms with Crippen LogP contribution in [0.2, 0.25) is 0 Å². The summed E-state index contributed by atoms with van der Waals surface area (Å²) >= 11 is -0.106. The molecule has 0 aliphatic carbocycles. The molecular formula is C40H40Cl2P2Pd+2. The van der Waals surface area contributed by atoms with Crippen molar-refractivity contribution in [2.24, 2.45) is 0 Å². The normalized spacial score (nSPS) is 10.6. The van der Waals surface area contributed by atoms with Crippen molar-refractivity contribution in [3.8, 4) is 0 Å². The molecule has 0 nitrogen and oxygen atoms in total. The molecule has 0 saturated carbocycles. The predicted molar refractivity (Wildman–Crippen MR) is 204 cm³/mol. The van der Waals surface area contributed by atoms with Crippen molar-refractivity contribution in [2.75, 3.05) is 0 Å². The molecule has 0 N–H and O–H groups in total. The van der Waals surface area contributed by atoms with Crippen LogP contribution in [-0.4, -0.2) is 0 Å². The maximum absolute atomic E-state index is 4.81. The van der Waals surface area contributed by atoms with E-state index in [0.717, 1.165) is 0 Å². The Morgan fingerprint density at radius 3 is 0.756 bits per heavy atom.